The van der Waals surface area contributed by atoms with Crippen molar-refractivity contribution in [2.45, 2.75) is 18.9 Å². The number of piperidine rings is 1. The Morgan fingerprint density at radius 1 is 1.38 bits per heavy atom. The summed E-state index contributed by atoms with van der Waals surface area (Å²) in [7, 11) is 3.40. The average Bonchev–Trinajstić information content (AvgIpc) is 2.58. The molecule has 3 rings (SSSR count). The second-order valence-corrected chi connectivity index (χ2v) is 6.35. The highest BCUT2D eigenvalue weighted by Gasteiger charge is 2.33. The third kappa shape index (κ3) is 3.40. The number of hydrogen-bond donors (Lipinski definition) is 1. The molecule has 4 nitrogen and oxygen atoms in total. The molecule has 0 amide bonds. The number of hydrogen-bond acceptors (Lipinski definition) is 4. The number of benzene rings is 1. The number of aliphatic hydroxyl groups is 1. The van der Waals surface area contributed by atoms with E-state index in [0.29, 0.717) is 12.6 Å². The SMILES string of the molecule is C=C(O)/C=C1/C[C@H]2c3ccc(OC)cc3CCN2C/C1=C/COC. The Morgan fingerprint density at radius 3 is 2.92 bits per heavy atom. The van der Waals surface area contributed by atoms with E-state index < -0.39 is 0 Å². The molecule has 4 heteroatoms. The molecule has 2 aliphatic rings. The van der Waals surface area contributed by atoms with Gasteiger partial charge in [0.05, 0.1) is 13.7 Å². The standard InChI is InChI=1S/C20H25NO3/c1-14(22)10-17-12-20-19-5-4-18(24-3)11-15(19)6-8-21(20)13-16(17)7-9-23-2/h4-5,7,10-11,20,22H,1,6,8-9,12-13H2,2-3H3/b16-7-,17-10-/t20-/m0/s1. The minimum absolute atomic E-state index is 0.104. The first-order chi connectivity index (χ1) is 11.6. The van der Waals surface area contributed by atoms with E-state index in [1.54, 1.807) is 20.3 Å². The molecular formula is C20H25NO3. The lowest BCUT2D eigenvalue weighted by Crippen LogP contribution is -2.40. The van der Waals surface area contributed by atoms with Crippen LogP contribution in [-0.4, -0.2) is 43.9 Å². The second-order valence-electron chi connectivity index (χ2n) is 6.35. The summed E-state index contributed by atoms with van der Waals surface area (Å²) in [5, 5.41) is 9.65. The first kappa shape index (κ1) is 16.8. The van der Waals surface area contributed by atoms with Crippen LogP contribution in [0, 0.1) is 0 Å². The number of allylic oxidation sites excluding steroid dienone is 1. The van der Waals surface area contributed by atoms with Gasteiger partial charge in [0.25, 0.3) is 0 Å². The van der Waals surface area contributed by atoms with Crippen molar-refractivity contribution >= 4 is 0 Å². The van der Waals surface area contributed by atoms with E-state index in [1.165, 1.54) is 16.7 Å². The molecule has 2 aliphatic heterocycles. The van der Waals surface area contributed by atoms with Crippen molar-refractivity contribution in [3.05, 3.63) is 65.0 Å². The number of rotatable bonds is 4. The van der Waals surface area contributed by atoms with Gasteiger partial charge in [-0.2, -0.15) is 0 Å². The summed E-state index contributed by atoms with van der Waals surface area (Å²) in [5.74, 6) is 1.02. The third-order valence-electron chi connectivity index (χ3n) is 4.85. The van der Waals surface area contributed by atoms with Gasteiger partial charge in [0.1, 0.15) is 11.5 Å². The molecule has 0 spiro atoms. The number of fused-ring (bicyclic) bond motifs is 3. The molecule has 128 valence electrons. The van der Waals surface area contributed by atoms with Crippen LogP contribution in [0.4, 0.5) is 0 Å². The van der Waals surface area contributed by atoms with E-state index in [2.05, 4.69) is 29.7 Å². The molecule has 0 radical (unpaired) electrons. The number of aliphatic hydroxyl groups excluding tert-OH is 1. The zero-order valence-corrected chi connectivity index (χ0v) is 14.4. The Labute approximate surface area is 143 Å². The molecule has 1 saturated heterocycles. The van der Waals surface area contributed by atoms with Crippen molar-refractivity contribution in [2.24, 2.45) is 0 Å². The maximum atomic E-state index is 9.65. The van der Waals surface area contributed by atoms with Crippen LogP contribution in [0.3, 0.4) is 0 Å². The van der Waals surface area contributed by atoms with Gasteiger partial charge in [-0.3, -0.25) is 4.90 Å². The minimum atomic E-state index is 0.104. The molecule has 1 atom stereocenters. The van der Waals surface area contributed by atoms with Gasteiger partial charge in [0, 0.05) is 26.2 Å². The van der Waals surface area contributed by atoms with E-state index in [-0.39, 0.29) is 5.76 Å². The Hall–Kier alpha value is -2.04. The van der Waals surface area contributed by atoms with Crippen LogP contribution in [0.2, 0.25) is 0 Å². The predicted molar refractivity (Wildman–Crippen MR) is 95.4 cm³/mol. The van der Waals surface area contributed by atoms with Crippen LogP contribution in [0.25, 0.3) is 0 Å². The first-order valence-electron chi connectivity index (χ1n) is 8.30. The molecule has 1 N–H and O–H groups in total. The number of nitrogens with zero attached hydrogens (tertiary/aromatic N) is 1. The van der Waals surface area contributed by atoms with E-state index in [1.807, 2.05) is 6.07 Å². The highest BCUT2D eigenvalue weighted by atomic mass is 16.5. The Balaban J connectivity index is 1.93. The van der Waals surface area contributed by atoms with Crippen molar-refractivity contribution in [1.82, 2.24) is 4.90 Å². The van der Waals surface area contributed by atoms with Crippen LogP contribution in [0.1, 0.15) is 23.6 Å². The molecule has 1 aromatic carbocycles. The van der Waals surface area contributed by atoms with Gasteiger partial charge in [0.15, 0.2) is 0 Å². The van der Waals surface area contributed by atoms with Crippen molar-refractivity contribution < 1.29 is 14.6 Å². The fraction of sp³-hybridized carbons (Fsp3) is 0.400. The second kappa shape index (κ2) is 7.24. The number of ether oxygens (including phenoxy) is 2. The van der Waals surface area contributed by atoms with Gasteiger partial charge < -0.3 is 14.6 Å². The quantitative estimate of drug-likeness (QED) is 0.859. The van der Waals surface area contributed by atoms with Gasteiger partial charge in [-0.25, -0.2) is 0 Å². The summed E-state index contributed by atoms with van der Waals surface area (Å²) >= 11 is 0. The molecule has 0 saturated carbocycles. The van der Waals surface area contributed by atoms with E-state index in [9.17, 15) is 5.11 Å². The van der Waals surface area contributed by atoms with Gasteiger partial charge >= 0.3 is 0 Å². The highest BCUT2D eigenvalue weighted by molar-refractivity contribution is 5.45. The fourth-order valence-electron chi connectivity index (χ4n) is 3.69. The monoisotopic (exact) mass is 327 g/mol. The van der Waals surface area contributed by atoms with E-state index in [4.69, 9.17) is 9.47 Å². The van der Waals surface area contributed by atoms with Crippen LogP contribution < -0.4 is 4.74 Å². The van der Waals surface area contributed by atoms with Gasteiger partial charge in [-0.15, -0.1) is 0 Å². The smallest absolute Gasteiger partial charge is 0.119 e. The zero-order valence-electron chi connectivity index (χ0n) is 14.4. The number of methoxy groups -OCH3 is 2. The lowest BCUT2D eigenvalue weighted by atomic mass is 9.82. The van der Waals surface area contributed by atoms with Crippen molar-refractivity contribution in [2.75, 3.05) is 33.9 Å². The predicted octanol–water partition coefficient (Wildman–Crippen LogP) is 3.57. The molecule has 0 bridgehead atoms. The topological polar surface area (TPSA) is 41.9 Å². The summed E-state index contributed by atoms with van der Waals surface area (Å²) in [6.45, 7) is 6.11. The zero-order chi connectivity index (χ0) is 17.1. The summed E-state index contributed by atoms with van der Waals surface area (Å²) in [6, 6.07) is 6.70. The highest BCUT2D eigenvalue weighted by Crippen LogP contribution is 2.41. The lowest BCUT2D eigenvalue weighted by molar-refractivity contribution is 0.183. The largest absolute Gasteiger partial charge is 0.509 e. The summed E-state index contributed by atoms with van der Waals surface area (Å²) in [6.07, 6.45) is 5.80. The lowest BCUT2D eigenvalue weighted by Gasteiger charge is -2.42. The summed E-state index contributed by atoms with van der Waals surface area (Å²) in [5.41, 5.74) is 5.09. The average molecular weight is 327 g/mol. The van der Waals surface area contributed by atoms with Crippen molar-refractivity contribution in [3.8, 4) is 5.75 Å². The van der Waals surface area contributed by atoms with Gasteiger partial charge in [0.2, 0.25) is 0 Å². The van der Waals surface area contributed by atoms with Crippen molar-refractivity contribution in [1.29, 1.82) is 0 Å². The van der Waals surface area contributed by atoms with Crippen LogP contribution in [0.15, 0.2) is 53.8 Å². The molecule has 1 fully saturated rings. The van der Waals surface area contributed by atoms with E-state index >= 15 is 0 Å². The normalized spacial score (nSPS) is 23.8. The molecule has 2 heterocycles. The maximum absolute atomic E-state index is 9.65. The maximum Gasteiger partial charge on any atom is 0.119 e. The van der Waals surface area contributed by atoms with Gasteiger partial charge in [-0.1, -0.05) is 18.7 Å². The van der Waals surface area contributed by atoms with Crippen LogP contribution >= 0.6 is 0 Å². The van der Waals surface area contributed by atoms with E-state index in [0.717, 1.165) is 37.3 Å². The summed E-state index contributed by atoms with van der Waals surface area (Å²) < 4.78 is 10.6. The molecule has 0 unspecified atom stereocenters. The Morgan fingerprint density at radius 2 is 2.21 bits per heavy atom. The molecular weight excluding hydrogens is 302 g/mol. The third-order valence-corrected chi connectivity index (χ3v) is 4.85. The molecule has 1 aromatic rings. The molecule has 0 aliphatic carbocycles. The van der Waals surface area contributed by atoms with Crippen LogP contribution in [0.5, 0.6) is 5.75 Å². The Bertz CT molecular complexity index is 690. The summed E-state index contributed by atoms with van der Waals surface area (Å²) in [4.78, 5) is 2.51. The molecule has 0 aromatic heterocycles. The first-order valence-corrected chi connectivity index (χ1v) is 8.30. The van der Waals surface area contributed by atoms with Gasteiger partial charge in [-0.05, 0) is 53.3 Å². The molecule has 24 heavy (non-hydrogen) atoms. The minimum Gasteiger partial charge on any atom is -0.509 e. The van der Waals surface area contributed by atoms with Crippen molar-refractivity contribution in [3.63, 3.8) is 0 Å². The Kier molecular flexibility index (Phi) is 5.07. The fourth-order valence-corrected chi connectivity index (χ4v) is 3.69. The van der Waals surface area contributed by atoms with Crippen LogP contribution in [-0.2, 0) is 11.2 Å².